The van der Waals surface area contributed by atoms with Gasteiger partial charge < -0.3 is 14.9 Å². The molecule has 15 heavy (non-hydrogen) atoms. The lowest BCUT2D eigenvalue weighted by molar-refractivity contribution is -0.140. The van der Waals surface area contributed by atoms with E-state index in [-0.39, 0.29) is 5.92 Å². The smallest absolute Gasteiger partial charge is 0.307 e. The van der Waals surface area contributed by atoms with Gasteiger partial charge in [0.15, 0.2) is 0 Å². The average Bonchev–Trinajstić information content (AvgIpc) is 2.48. The van der Waals surface area contributed by atoms with Crippen LogP contribution in [0.5, 0.6) is 0 Å². The van der Waals surface area contributed by atoms with Crippen LogP contribution < -0.4 is 5.32 Å². The van der Waals surface area contributed by atoms with Crippen molar-refractivity contribution in [2.75, 3.05) is 6.54 Å². The summed E-state index contributed by atoms with van der Waals surface area (Å²) < 4.78 is 4.99. The lowest BCUT2D eigenvalue weighted by Gasteiger charge is -2.07. The van der Waals surface area contributed by atoms with Crippen molar-refractivity contribution in [1.82, 2.24) is 10.5 Å². The van der Waals surface area contributed by atoms with Crippen LogP contribution in [0.2, 0.25) is 0 Å². The third-order valence-corrected chi connectivity index (χ3v) is 2.36. The van der Waals surface area contributed by atoms with Crippen LogP contribution in [-0.2, 0) is 11.3 Å². The number of carboxylic acid groups (broad SMARTS) is 1. The molecular weight excluding hydrogens is 196 g/mol. The number of carbonyl (C=O) groups is 1. The number of carboxylic acids is 1. The average molecular weight is 212 g/mol. The van der Waals surface area contributed by atoms with Crippen LogP contribution in [0.3, 0.4) is 0 Å². The molecule has 0 radical (unpaired) electrons. The van der Waals surface area contributed by atoms with Gasteiger partial charge in [0.25, 0.3) is 0 Å². The lowest BCUT2D eigenvalue weighted by atomic mass is 10.1. The minimum Gasteiger partial charge on any atom is -0.481 e. The molecule has 0 fully saturated rings. The van der Waals surface area contributed by atoms with Crippen molar-refractivity contribution in [2.45, 2.75) is 27.3 Å². The second kappa shape index (κ2) is 4.93. The summed E-state index contributed by atoms with van der Waals surface area (Å²) in [5.74, 6) is -0.394. The number of hydrogen-bond acceptors (Lipinski definition) is 4. The minimum absolute atomic E-state index is 0.384. The summed E-state index contributed by atoms with van der Waals surface area (Å²) in [4.78, 5) is 10.6. The molecule has 0 spiro atoms. The molecule has 0 saturated carbocycles. The standard InChI is InChI=1S/C10H16N2O3/c1-6(10(13)14)4-11-5-9-7(2)12-15-8(9)3/h6,11H,4-5H2,1-3H3,(H,13,14). The summed E-state index contributed by atoms with van der Waals surface area (Å²) in [6.07, 6.45) is 0. The molecule has 1 unspecified atom stereocenters. The van der Waals surface area contributed by atoms with Crippen molar-refractivity contribution >= 4 is 5.97 Å². The second-order valence-corrected chi connectivity index (χ2v) is 3.67. The molecule has 5 heteroatoms. The van der Waals surface area contributed by atoms with E-state index in [1.807, 2.05) is 13.8 Å². The van der Waals surface area contributed by atoms with Gasteiger partial charge in [-0.25, -0.2) is 0 Å². The van der Waals surface area contributed by atoms with Gasteiger partial charge in [-0.3, -0.25) is 4.79 Å². The first kappa shape index (κ1) is 11.7. The Kier molecular flexibility index (Phi) is 3.85. The molecular formula is C10H16N2O3. The van der Waals surface area contributed by atoms with E-state index in [0.717, 1.165) is 17.0 Å². The summed E-state index contributed by atoms with van der Waals surface area (Å²) in [5, 5.41) is 15.6. The second-order valence-electron chi connectivity index (χ2n) is 3.67. The predicted octanol–water partition coefficient (Wildman–Crippen LogP) is 1.10. The summed E-state index contributed by atoms with van der Waals surface area (Å²) in [5.41, 5.74) is 1.86. The quantitative estimate of drug-likeness (QED) is 0.764. The van der Waals surface area contributed by atoms with Crippen molar-refractivity contribution in [1.29, 1.82) is 0 Å². The summed E-state index contributed by atoms with van der Waals surface area (Å²) in [6, 6.07) is 0. The van der Waals surface area contributed by atoms with Crippen LogP contribution in [0.4, 0.5) is 0 Å². The van der Waals surface area contributed by atoms with Crippen molar-refractivity contribution in [3.05, 3.63) is 17.0 Å². The van der Waals surface area contributed by atoms with E-state index >= 15 is 0 Å². The first-order valence-electron chi connectivity index (χ1n) is 4.87. The van der Waals surface area contributed by atoms with Gasteiger partial charge in [0.2, 0.25) is 0 Å². The number of nitrogens with zero attached hydrogens (tertiary/aromatic N) is 1. The number of nitrogens with one attached hydrogen (secondary N) is 1. The van der Waals surface area contributed by atoms with Gasteiger partial charge in [-0.1, -0.05) is 12.1 Å². The molecule has 0 amide bonds. The maximum Gasteiger partial charge on any atom is 0.307 e. The number of aromatic nitrogens is 1. The Morgan fingerprint density at radius 1 is 1.60 bits per heavy atom. The highest BCUT2D eigenvalue weighted by Crippen LogP contribution is 2.11. The van der Waals surface area contributed by atoms with Crippen LogP contribution >= 0.6 is 0 Å². The fraction of sp³-hybridized carbons (Fsp3) is 0.600. The Labute approximate surface area is 88.5 Å². The Balaban J connectivity index is 2.41. The number of aliphatic carboxylic acids is 1. The molecule has 0 saturated heterocycles. The van der Waals surface area contributed by atoms with Gasteiger partial charge in [-0.15, -0.1) is 0 Å². The molecule has 5 nitrogen and oxygen atoms in total. The summed E-state index contributed by atoms with van der Waals surface area (Å²) in [6.45, 7) is 6.42. The van der Waals surface area contributed by atoms with E-state index in [4.69, 9.17) is 9.63 Å². The SMILES string of the molecule is Cc1noc(C)c1CNCC(C)C(=O)O. The monoisotopic (exact) mass is 212 g/mol. The Morgan fingerprint density at radius 2 is 2.27 bits per heavy atom. The van der Waals surface area contributed by atoms with Gasteiger partial charge in [-0.05, 0) is 13.8 Å². The third-order valence-electron chi connectivity index (χ3n) is 2.36. The fourth-order valence-electron chi connectivity index (χ4n) is 1.26. The number of rotatable bonds is 5. The first-order chi connectivity index (χ1) is 7.02. The van der Waals surface area contributed by atoms with Crippen molar-refractivity contribution in [3.8, 4) is 0 Å². The summed E-state index contributed by atoms with van der Waals surface area (Å²) >= 11 is 0. The van der Waals surface area contributed by atoms with Crippen LogP contribution in [0.15, 0.2) is 4.52 Å². The van der Waals surface area contributed by atoms with Crippen LogP contribution in [0.1, 0.15) is 23.9 Å². The van der Waals surface area contributed by atoms with Gasteiger partial charge in [0.1, 0.15) is 5.76 Å². The van der Waals surface area contributed by atoms with E-state index in [1.54, 1.807) is 6.92 Å². The molecule has 0 aliphatic heterocycles. The molecule has 1 aromatic rings. The third kappa shape index (κ3) is 3.06. The minimum atomic E-state index is -0.790. The van der Waals surface area contributed by atoms with Gasteiger partial charge in [0.05, 0.1) is 11.6 Å². The number of hydrogen-bond donors (Lipinski definition) is 2. The maximum atomic E-state index is 10.6. The Hall–Kier alpha value is -1.36. The fourth-order valence-corrected chi connectivity index (χ4v) is 1.26. The zero-order chi connectivity index (χ0) is 11.4. The highest BCUT2D eigenvalue weighted by molar-refractivity contribution is 5.69. The predicted molar refractivity (Wildman–Crippen MR) is 54.5 cm³/mol. The molecule has 2 N–H and O–H groups in total. The zero-order valence-corrected chi connectivity index (χ0v) is 9.20. The topological polar surface area (TPSA) is 75.4 Å². The van der Waals surface area contributed by atoms with Crippen molar-refractivity contribution < 1.29 is 14.4 Å². The van der Waals surface area contributed by atoms with Crippen molar-refractivity contribution in [2.24, 2.45) is 5.92 Å². The number of aryl methyl sites for hydroxylation is 2. The molecule has 1 heterocycles. The maximum absolute atomic E-state index is 10.6. The lowest BCUT2D eigenvalue weighted by Crippen LogP contribution is -2.26. The zero-order valence-electron chi connectivity index (χ0n) is 9.20. The van der Waals surface area contributed by atoms with Gasteiger partial charge >= 0.3 is 5.97 Å². The van der Waals surface area contributed by atoms with Gasteiger partial charge in [-0.2, -0.15) is 0 Å². The first-order valence-corrected chi connectivity index (χ1v) is 4.87. The van der Waals surface area contributed by atoms with Crippen LogP contribution in [-0.4, -0.2) is 22.8 Å². The molecule has 0 bridgehead atoms. The molecule has 84 valence electrons. The van der Waals surface area contributed by atoms with E-state index < -0.39 is 5.97 Å². The highest BCUT2D eigenvalue weighted by Gasteiger charge is 2.12. The largest absolute Gasteiger partial charge is 0.481 e. The molecule has 0 aliphatic rings. The molecule has 1 aromatic heterocycles. The van der Waals surface area contributed by atoms with E-state index in [9.17, 15) is 4.79 Å². The van der Waals surface area contributed by atoms with E-state index in [0.29, 0.717) is 13.1 Å². The molecule has 0 aliphatic carbocycles. The van der Waals surface area contributed by atoms with Crippen LogP contribution in [0.25, 0.3) is 0 Å². The summed E-state index contributed by atoms with van der Waals surface area (Å²) in [7, 11) is 0. The van der Waals surface area contributed by atoms with E-state index in [2.05, 4.69) is 10.5 Å². The molecule has 1 atom stereocenters. The Bertz CT molecular complexity index is 327. The van der Waals surface area contributed by atoms with Crippen molar-refractivity contribution in [3.63, 3.8) is 0 Å². The normalized spacial score (nSPS) is 12.7. The van der Waals surface area contributed by atoms with Crippen LogP contribution in [0, 0.1) is 19.8 Å². The Morgan fingerprint density at radius 3 is 2.73 bits per heavy atom. The molecule has 1 rings (SSSR count). The highest BCUT2D eigenvalue weighted by atomic mass is 16.5. The van der Waals surface area contributed by atoms with Gasteiger partial charge in [0, 0.05) is 18.7 Å². The van der Waals surface area contributed by atoms with E-state index in [1.165, 1.54) is 0 Å². The molecule has 0 aromatic carbocycles.